The van der Waals surface area contributed by atoms with Gasteiger partial charge >= 0.3 is 0 Å². The summed E-state index contributed by atoms with van der Waals surface area (Å²) in [4.78, 5) is 6.86. The Labute approximate surface area is 190 Å². The lowest BCUT2D eigenvalue weighted by molar-refractivity contribution is 0.0376. The van der Waals surface area contributed by atoms with E-state index in [0.29, 0.717) is 19.1 Å². The van der Waals surface area contributed by atoms with E-state index in [1.165, 1.54) is 7.11 Å². The van der Waals surface area contributed by atoms with E-state index in [9.17, 15) is 8.42 Å². The Morgan fingerprint density at radius 1 is 1.31 bits per heavy atom. The maximum atomic E-state index is 12.3. The molecular weight excluding hydrogens is 509 g/mol. The summed E-state index contributed by atoms with van der Waals surface area (Å²) in [5.41, 5.74) is 6.68. The van der Waals surface area contributed by atoms with E-state index in [4.69, 9.17) is 15.2 Å². The molecule has 166 valence electrons. The van der Waals surface area contributed by atoms with Gasteiger partial charge in [0.05, 0.1) is 31.3 Å². The third-order valence-corrected chi connectivity index (χ3v) is 5.76. The van der Waals surface area contributed by atoms with Gasteiger partial charge in [0.25, 0.3) is 0 Å². The molecule has 4 N–H and O–H groups in total. The van der Waals surface area contributed by atoms with Crippen LogP contribution in [0.2, 0.25) is 0 Å². The van der Waals surface area contributed by atoms with Crippen molar-refractivity contribution >= 4 is 40.0 Å². The van der Waals surface area contributed by atoms with Crippen LogP contribution < -0.4 is 15.8 Å². The highest BCUT2D eigenvalue weighted by molar-refractivity contribution is 14.0. The van der Waals surface area contributed by atoms with Crippen molar-refractivity contribution in [1.82, 2.24) is 14.9 Å². The van der Waals surface area contributed by atoms with Crippen LogP contribution in [0.4, 0.5) is 0 Å². The van der Waals surface area contributed by atoms with Gasteiger partial charge in [0.15, 0.2) is 5.96 Å². The number of methoxy groups -OCH3 is 1. The van der Waals surface area contributed by atoms with Gasteiger partial charge in [0, 0.05) is 33.3 Å². The molecule has 0 unspecified atom stereocenters. The van der Waals surface area contributed by atoms with Crippen molar-refractivity contribution in [2.75, 3.05) is 59.7 Å². The zero-order chi connectivity index (χ0) is 20.2. The first-order valence-electron chi connectivity index (χ1n) is 9.43. The molecule has 1 aromatic rings. The van der Waals surface area contributed by atoms with Gasteiger partial charge in [-0.3, -0.25) is 4.90 Å². The molecule has 9 nitrogen and oxygen atoms in total. The molecule has 11 heteroatoms. The van der Waals surface area contributed by atoms with E-state index in [-0.39, 0.29) is 35.4 Å². The number of halogens is 1. The van der Waals surface area contributed by atoms with Crippen LogP contribution in [-0.4, -0.2) is 78.9 Å². The number of guanidine groups is 1. The number of ether oxygens (including phenoxy) is 2. The molecule has 1 aliphatic rings. The van der Waals surface area contributed by atoms with Crippen LogP contribution in [0.25, 0.3) is 0 Å². The molecule has 1 heterocycles. The number of hydrogen-bond acceptors (Lipinski definition) is 6. The van der Waals surface area contributed by atoms with Crippen LogP contribution in [0.5, 0.6) is 0 Å². The average Bonchev–Trinajstić information content (AvgIpc) is 2.71. The number of aliphatic imine (C=N–C) groups is 1. The summed E-state index contributed by atoms with van der Waals surface area (Å²) >= 11 is 0. The van der Waals surface area contributed by atoms with E-state index in [2.05, 4.69) is 19.9 Å². The SMILES string of the molecule is COCCNS(=O)(=O)c1cccc(CN=C(N)NCCCN2CCOCC2)c1.I. The minimum Gasteiger partial charge on any atom is -0.383 e. The zero-order valence-corrected chi connectivity index (χ0v) is 19.9. The Morgan fingerprint density at radius 3 is 2.79 bits per heavy atom. The maximum Gasteiger partial charge on any atom is 0.240 e. The number of rotatable bonds is 11. The topological polar surface area (TPSA) is 118 Å². The summed E-state index contributed by atoms with van der Waals surface area (Å²) in [5, 5.41) is 3.10. The summed E-state index contributed by atoms with van der Waals surface area (Å²) in [5.74, 6) is 0.355. The van der Waals surface area contributed by atoms with E-state index < -0.39 is 10.0 Å². The van der Waals surface area contributed by atoms with E-state index >= 15 is 0 Å². The molecule has 1 saturated heterocycles. The number of hydrogen-bond donors (Lipinski definition) is 3. The van der Waals surface area contributed by atoms with E-state index in [1.807, 2.05) is 6.07 Å². The lowest BCUT2D eigenvalue weighted by atomic mass is 10.2. The highest BCUT2D eigenvalue weighted by Gasteiger charge is 2.13. The lowest BCUT2D eigenvalue weighted by Gasteiger charge is -2.26. The molecule has 0 spiro atoms. The first kappa shape index (κ1) is 26.0. The Balaban J connectivity index is 0.00000420. The van der Waals surface area contributed by atoms with Gasteiger partial charge in [0.2, 0.25) is 10.0 Å². The fourth-order valence-corrected chi connectivity index (χ4v) is 3.83. The number of nitrogens with one attached hydrogen (secondary N) is 2. The molecule has 0 radical (unpaired) electrons. The van der Waals surface area contributed by atoms with Crippen LogP contribution in [0, 0.1) is 0 Å². The molecule has 2 rings (SSSR count). The van der Waals surface area contributed by atoms with Crippen molar-refractivity contribution < 1.29 is 17.9 Å². The second-order valence-electron chi connectivity index (χ2n) is 6.47. The Morgan fingerprint density at radius 2 is 2.07 bits per heavy atom. The second kappa shape index (κ2) is 14.1. The van der Waals surface area contributed by atoms with Gasteiger partial charge in [0.1, 0.15) is 0 Å². The molecule has 0 bridgehead atoms. The molecule has 1 aromatic carbocycles. The first-order chi connectivity index (χ1) is 13.5. The van der Waals surface area contributed by atoms with E-state index in [0.717, 1.165) is 51.4 Å². The van der Waals surface area contributed by atoms with Gasteiger partial charge in [-0.25, -0.2) is 18.1 Å². The van der Waals surface area contributed by atoms with Crippen molar-refractivity contribution in [3.8, 4) is 0 Å². The normalized spacial score (nSPS) is 15.7. The molecule has 0 atom stereocenters. The Kier molecular flexibility index (Phi) is 12.7. The quantitative estimate of drug-likeness (QED) is 0.160. The summed E-state index contributed by atoms with van der Waals surface area (Å²) in [6.45, 7) is 6.14. The van der Waals surface area contributed by atoms with Gasteiger partial charge in [-0.05, 0) is 30.7 Å². The number of benzene rings is 1. The summed E-state index contributed by atoms with van der Waals surface area (Å²) in [6.07, 6.45) is 0.969. The van der Waals surface area contributed by atoms with Crippen molar-refractivity contribution in [3.05, 3.63) is 29.8 Å². The highest BCUT2D eigenvalue weighted by atomic mass is 127. The summed E-state index contributed by atoms with van der Waals surface area (Å²) < 4.78 is 37.2. The molecule has 1 fully saturated rings. The monoisotopic (exact) mass is 541 g/mol. The van der Waals surface area contributed by atoms with Gasteiger partial charge in [-0.1, -0.05) is 12.1 Å². The lowest BCUT2D eigenvalue weighted by Crippen LogP contribution is -2.39. The van der Waals surface area contributed by atoms with Crippen molar-refractivity contribution in [3.63, 3.8) is 0 Å². The average molecular weight is 541 g/mol. The zero-order valence-electron chi connectivity index (χ0n) is 16.8. The fourth-order valence-electron chi connectivity index (χ4n) is 2.75. The van der Waals surface area contributed by atoms with Crippen LogP contribution in [0.1, 0.15) is 12.0 Å². The molecule has 29 heavy (non-hydrogen) atoms. The number of nitrogens with two attached hydrogens (primary N) is 1. The van der Waals surface area contributed by atoms with Crippen LogP contribution in [-0.2, 0) is 26.0 Å². The number of morpholine rings is 1. The Hall–Kier alpha value is -0.990. The molecule has 0 saturated carbocycles. The predicted molar refractivity (Wildman–Crippen MR) is 124 cm³/mol. The molecule has 0 amide bonds. The minimum absolute atomic E-state index is 0. The maximum absolute atomic E-state index is 12.3. The van der Waals surface area contributed by atoms with Gasteiger partial charge in [-0.2, -0.15) is 0 Å². The molecule has 1 aliphatic heterocycles. The van der Waals surface area contributed by atoms with Crippen molar-refractivity contribution in [1.29, 1.82) is 0 Å². The Bertz CT molecular complexity index is 727. The third-order valence-electron chi connectivity index (χ3n) is 4.30. The van der Waals surface area contributed by atoms with Crippen molar-refractivity contribution in [2.45, 2.75) is 17.9 Å². The van der Waals surface area contributed by atoms with Gasteiger partial charge < -0.3 is 20.5 Å². The predicted octanol–water partition coefficient (Wildman–Crippen LogP) is 0.356. The van der Waals surface area contributed by atoms with Crippen LogP contribution in [0.3, 0.4) is 0 Å². The summed E-state index contributed by atoms with van der Waals surface area (Å²) in [7, 11) is -2.04. The van der Waals surface area contributed by atoms with E-state index in [1.54, 1.807) is 18.2 Å². The molecule has 0 aliphatic carbocycles. The third kappa shape index (κ3) is 10.0. The second-order valence-corrected chi connectivity index (χ2v) is 8.24. The summed E-state index contributed by atoms with van der Waals surface area (Å²) in [6, 6.07) is 6.67. The highest BCUT2D eigenvalue weighted by Crippen LogP contribution is 2.12. The molecule has 0 aromatic heterocycles. The number of nitrogens with zero attached hydrogens (tertiary/aromatic N) is 2. The number of sulfonamides is 1. The molecular formula is C18H32IN5O4S. The van der Waals surface area contributed by atoms with Gasteiger partial charge in [-0.15, -0.1) is 24.0 Å². The van der Waals surface area contributed by atoms with Crippen LogP contribution >= 0.6 is 24.0 Å². The smallest absolute Gasteiger partial charge is 0.240 e. The minimum atomic E-state index is -3.56. The fraction of sp³-hybridized carbons (Fsp3) is 0.611. The van der Waals surface area contributed by atoms with Crippen molar-refractivity contribution in [2.24, 2.45) is 10.7 Å². The first-order valence-corrected chi connectivity index (χ1v) is 10.9. The standard InChI is InChI=1S/C18H31N5O4S.HI/c1-26-11-7-22-28(24,25)17-5-2-4-16(14-17)15-21-18(19)20-6-3-8-23-9-12-27-13-10-23;/h2,4-5,14,22H,3,6-13,15H2,1H3,(H3,19,20,21);1H. The largest absolute Gasteiger partial charge is 0.383 e. The van der Waals surface area contributed by atoms with Crippen LogP contribution in [0.15, 0.2) is 34.2 Å².